The number of carbonyl (C=O) groups is 1. The van der Waals surface area contributed by atoms with Crippen molar-refractivity contribution in [3.63, 3.8) is 0 Å². The topological polar surface area (TPSA) is 89.3 Å². The van der Waals surface area contributed by atoms with Crippen LogP contribution in [0, 0.1) is 13.8 Å². The Balaban J connectivity index is 0.000000529. The van der Waals surface area contributed by atoms with Crippen LogP contribution in [0.15, 0.2) is 24.4 Å². The fourth-order valence-electron chi connectivity index (χ4n) is 2.77. The average molecular weight is 403 g/mol. The summed E-state index contributed by atoms with van der Waals surface area (Å²) in [6, 6.07) is 1.57. The zero-order valence-corrected chi connectivity index (χ0v) is 17.3. The molecule has 0 saturated carbocycles. The largest absolute Gasteiger partial charge is 0.506 e. The summed E-state index contributed by atoms with van der Waals surface area (Å²) in [7, 11) is 1.79. The van der Waals surface area contributed by atoms with E-state index in [0.29, 0.717) is 36.0 Å². The summed E-state index contributed by atoms with van der Waals surface area (Å²) < 4.78 is 6.76. The number of nitrogens with zero attached hydrogens (tertiary/aromatic N) is 3. The first-order chi connectivity index (χ1) is 13.4. The second-order valence-corrected chi connectivity index (χ2v) is 6.94. The van der Waals surface area contributed by atoms with Crippen LogP contribution in [0.2, 0.25) is 0 Å². The first-order valence-corrected chi connectivity index (χ1v) is 9.58. The van der Waals surface area contributed by atoms with Crippen LogP contribution in [0.25, 0.3) is 0 Å². The number of nitrogens with one attached hydrogen (secondary N) is 1. The number of carbonyl (C=O) groups excluding carboxylic acids is 1. The van der Waals surface area contributed by atoms with Crippen molar-refractivity contribution in [2.24, 2.45) is 7.05 Å². The molecule has 2 aromatic heterocycles. The molecule has 7 nitrogen and oxygen atoms in total. The molecule has 0 aliphatic carbocycles. The summed E-state index contributed by atoms with van der Waals surface area (Å²) in [5.74, 6) is 0.330. The monoisotopic (exact) mass is 402 g/mol. The van der Waals surface area contributed by atoms with Gasteiger partial charge in [0.1, 0.15) is 11.4 Å². The van der Waals surface area contributed by atoms with E-state index in [-0.39, 0.29) is 25.0 Å². The molecule has 0 atom stereocenters. The maximum absolute atomic E-state index is 12.5. The van der Waals surface area contributed by atoms with Crippen LogP contribution in [-0.4, -0.2) is 39.0 Å². The van der Waals surface area contributed by atoms with E-state index >= 15 is 0 Å². The zero-order chi connectivity index (χ0) is 20.7. The van der Waals surface area contributed by atoms with E-state index < -0.39 is 0 Å². The highest BCUT2D eigenvalue weighted by Gasteiger charge is 2.27. The van der Waals surface area contributed by atoms with Crippen LogP contribution in [0.1, 0.15) is 67.3 Å². The molecule has 7 heteroatoms. The number of amides is 1. The molecule has 1 saturated heterocycles. The van der Waals surface area contributed by atoms with E-state index in [4.69, 9.17) is 4.74 Å². The predicted molar refractivity (Wildman–Crippen MR) is 117 cm³/mol. The Bertz CT molecular complexity index is 839. The number of aromatic nitrogens is 3. The van der Waals surface area contributed by atoms with E-state index in [1.807, 2.05) is 13.1 Å². The van der Waals surface area contributed by atoms with Gasteiger partial charge in [-0.3, -0.25) is 9.48 Å². The highest BCUT2D eigenvalue weighted by Crippen LogP contribution is 2.31. The Morgan fingerprint density at radius 2 is 2.07 bits per heavy atom. The molecule has 2 aromatic rings. The van der Waals surface area contributed by atoms with Crippen LogP contribution in [0.3, 0.4) is 0 Å². The van der Waals surface area contributed by atoms with Gasteiger partial charge in [0.05, 0.1) is 24.8 Å². The normalized spacial score (nSPS) is 13.3. The molecule has 0 spiro atoms. The summed E-state index contributed by atoms with van der Waals surface area (Å²) in [6.45, 7) is 8.88. The number of aromatic hydroxyl groups is 1. The second-order valence-electron chi connectivity index (χ2n) is 6.94. The molecule has 3 heterocycles. The number of hydrogen-bond acceptors (Lipinski definition) is 5. The number of unbranched alkanes of at least 4 members (excludes halogenated alkanes) is 1. The number of ether oxygens (including phenoxy) is 1. The number of rotatable bonds is 5. The van der Waals surface area contributed by atoms with Crippen LogP contribution in [0.4, 0.5) is 5.82 Å². The Morgan fingerprint density at radius 3 is 2.52 bits per heavy atom. The molecule has 3 rings (SSSR count). The predicted octanol–water partition coefficient (Wildman–Crippen LogP) is 4.50. The van der Waals surface area contributed by atoms with Gasteiger partial charge in [0.25, 0.3) is 5.91 Å². The van der Waals surface area contributed by atoms with Crippen molar-refractivity contribution < 1.29 is 14.6 Å². The van der Waals surface area contributed by atoms with E-state index in [1.165, 1.54) is 12.8 Å². The summed E-state index contributed by atoms with van der Waals surface area (Å²) in [6.07, 6.45) is 8.59. The third-order valence-electron chi connectivity index (χ3n) is 4.40. The van der Waals surface area contributed by atoms with Gasteiger partial charge in [0, 0.05) is 18.8 Å². The summed E-state index contributed by atoms with van der Waals surface area (Å²) in [4.78, 5) is 16.8. The minimum Gasteiger partial charge on any atom is -0.506 e. The molecule has 0 bridgehead atoms. The number of aryl methyl sites for hydroxylation is 3. The number of allylic oxidation sites excluding steroid dienone is 2. The standard InChI is InChI=1S/C15H18N4O3.C6H12.CH4/c1-8-4-11(20)13(10-6-22-7-10)16-12(8)15(21)17-14-9(2)5-19(3)18-14;1-3-5-6-4-2;/h4-5,10,20H,6-7H2,1-3H3,(H,17,18,21);3,5H,4,6H2,1-2H3;1H4/b;5-3+;. The lowest BCUT2D eigenvalue weighted by molar-refractivity contribution is 0.00567. The van der Waals surface area contributed by atoms with E-state index in [1.54, 1.807) is 24.7 Å². The van der Waals surface area contributed by atoms with Gasteiger partial charge in [-0.05, 0) is 38.8 Å². The number of pyridine rings is 1. The Labute approximate surface area is 173 Å². The van der Waals surface area contributed by atoms with Crippen molar-refractivity contribution in [3.8, 4) is 5.75 Å². The van der Waals surface area contributed by atoms with Gasteiger partial charge in [-0.2, -0.15) is 5.10 Å². The minimum absolute atomic E-state index is 0. The summed E-state index contributed by atoms with van der Waals surface area (Å²) >= 11 is 0. The lowest BCUT2D eigenvalue weighted by Gasteiger charge is -2.26. The Morgan fingerprint density at radius 1 is 1.38 bits per heavy atom. The molecule has 0 unspecified atom stereocenters. The lowest BCUT2D eigenvalue weighted by atomic mass is 10.0. The lowest BCUT2D eigenvalue weighted by Crippen LogP contribution is -2.27. The van der Waals surface area contributed by atoms with Gasteiger partial charge in [-0.25, -0.2) is 4.98 Å². The third-order valence-corrected chi connectivity index (χ3v) is 4.40. The van der Waals surface area contributed by atoms with Gasteiger partial charge in [0.2, 0.25) is 0 Å². The molecule has 0 aromatic carbocycles. The molecule has 1 fully saturated rings. The molecule has 1 amide bonds. The maximum atomic E-state index is 12.5. The van der Waals surface area contributed by atoms with Crippen molar-refractivity contribution in [2.75, 3.05) is 18.5 Å². The van der Waals surface area contributed by atoms with Gasteiger partial charge in [-0.15, -0.1) is 0 Å². The fraction of sp³-hybridized carbons (Fsp3) is 0.500. The van der Waals surface area contributed by atoms with Crippen LogP contribution in [0.5, 0.6) is 5.75 Å². The van der Waals surface area contributed by atoms with Crippen molar-refractivity contribution in [3.05, 3.63) is 46.9 Å². The fourth-order valence-corrected chi connectivity index (χ4v) is 2.77. The zero-order valence-electron chi connectivity index (χ0n) is 17.3. The van der Waals surface area contributed by atoms with Gasteiger partial charge < -0.3 is 15.2 Å². The Kier molecular flexibility index (Phi) is 9.55. The molecule has 29 heavy (non-hydrogen) atoms. The molecule has 1 aliphatic rings. The van der Waals surface area contributed by atoms with Crippen molar-refractivity contribution in [1.82, 2.24) is 14.8 Å². The first kappa shape index (κ1) is 24.4. The summed E-state index contributed by atoms with van der Waals surface area (Å²) in [5.41, 5.74) is 2.30. The van der Waals surface area contributed by atoms with E-state index in [9.17, 15) is 9.90 Å². The molecule has 1 aliphatic heterocycles. The van der Waals surface area contributed by atoms with Gasteiger partial charge in [0.15, 0.2) is 5.82 Å². The van der Waals surface area contributed by atoms with Crippen molar-refractivity contribution >= 4 is 11.7 Å². The number of hydrogen-bond donors (Lipinski definition) is 2. The minimum atomic E-state index is -0.333. The molecule has 2 N–H and O–H groups in total. The smallest absolute Gasteiger partial charge is 0.275 e. The second kappa shape index (κ2) is 11.4. The highest BCUT2D eigenvalue weighted by atomic mass is 16.5. The van der Waals surface area contributed by atoms with Gasteiger partial charge >= 0.3 is 0 Å². The average Bonchev–Trinajstić information content (AvgIpc) is 2.91. The van der Waals surface area contributed by atoms with E-state index in [0.717, 1.165) is 5.56 Å². The third kappa shape index (κ3) is 6.42. The van der Waals surface area contributed by atoms with Crippen LogP contribution < -0.4 is 5.32 Å². The van der Waals surface area contributed by atoms with Crippen LogP contribution >= 0.6 is 0 Å². The van der Waals surface area contributed by atoms with Crippen molar-refractivity contribution in [2.45, 2.75) is 53.9 Å². The van der Waals surface area contributed by atoms with Crippen molar-refractivity contribution in [1.29, 1.82) is 0 Å². The molecule has 160 valence electrons. The van der Waals surface area contributed by atoms with Gasteiger partial charge in [-0.1, -0.05) is 32.9 Å². The highest BCUT2D eigenvalue weighted by molar-refractivity contribution is 6.03. The molecular weight excluding hydrogens is 368 g/mol. The van der Waals surface area contributed by atoms with E-state index in [2.05, 4.69) is 41.4 Å². The van der Waals surface area contributed by atoms with Crippen LogP contribution in [-0.2, 0) is 11.8 Å². The molecule has 0 radical (unpaired) electrons. The first-order valence-electron chi connectivity index (χ1n) is 9.58. The summed E-state index contributed by atoms with van der Waals surface area (Å²) in [5, 5.41) is 17.0. The number of anilines is 1. The molecular formula is C22H34N4O3. The Hall–Kier alpha value is -2.67. The quantitative estimate of drug-likeness (QED) is 0.719. The SMILES string of the molecule is C.C/C=C/CCC.Cc1cn(C)nc1NC(=O)c1nc(C2COC2)c(O)cc1C. The maximum Gasteiger partial charge on any atom is 0.275 e.